The van der Waals surface area contributed by atoms with Gasteiger partial charge in [0.15, 0.2) is 0 Å². The molecule has 0 N–H and O–H groups in total. The van der Waals surface area contributed by atoms with Gasteiger partial charge in [0.2, 0.25) is 0 Å². The third-order valence-corrected chi connectivity index (χ3v) is 3.83. The second-order valence-corrected chi connectivity index (χ2v) is 5.31. The molecule has 3 rings (SSSR count). The van der Waals surface area contributed by atoms with E-state index >= 15 is 0 Å². The predicted molar refractivity (Wildman–Crippen MR) is 85.1 cm³/mol. The maximum atomic E-state index is 12.6. The van der Waals surface area contributed by atoms with Gasteiger partial charge >= 0.3 is 0 Å². The van der Waals surface area contributed by atoms with E-state index in [-0.39, 0.29) is 17.9 Å². The van der Waals surface area contributed by atoms with Crippen molar-refractivity contribution in [3.05, 3.63) is 46.5 Å². The van der Waals surface area contributed by atoms with Crippen LogP contribution in [0.1, 0.15) is 16.9 Å². The first-order valence-corrected chi connectivity index (χ1v) is 7.14. The highest BCUT2D eigenvalue weighted by Gasteiger charge is 2.20. The van der Waals surface area contributed by atoms with Crippen LogP contribution in [0.2, 0.25) is 0 Å². The van der Waals surface area contributed by atoms with Gasteiger partial charge in [0.1, 0.15) is 17.0 Å². The zero-order chi connectivity index (χ0) is 16.6. The van der Waals surface area contributed by atoms with Crippen LogP contribution in [0.25, 0.3) is 16.7 Å². The summed E-state index contributed by atoms with van der Waals surface area (Å²) in [4.78, 5) is 31.0. The predicted octanol–water partition coefficient (Wildman–Crippen LogP) is 1.17. The van der Waals surface area contributed by atoms with Crippen LogP contribution in [-0.2, 0) is 7.05 Å². The molecule has 0 aliphatic rings. The molecule has 0 unspecified atom stereocenters. The number of aromatic nitrogens is 3. The van der Waals surface area contributed by atoms with Gasteiger partial charge in [-0.1, -0.05) is 6.07 Å². The molecule has 0 radical (unpaired) electrons. The standard InChI is InChI=1S/C16H15N5O2/c1-19(8-5-7-17)16(23)12-10-11-14(20(12)2)18-13-6-3-4-9-21(13)15(11)22/h3-4,6,9-10H,5,8H2,1-2H3. The van der Waals surface area contributed by atoms with Crippen LogP contribution in [0.5, 0.6) is 0 Å². The highest BCUT2D eigenvalue weighted by atomic mass is 16.2. The number of carbonyl (C=O) groups excluding carboxylic acids is 1. The third kappa shape index (κ3) is 2.34. The van der Waals surface area contributed by atoms with Crippen molar-refractivity contribution in [1.29, 1.82) is 5.26 Å². The molecule has 0 aromatic carbocycles. The number of hydrogen-bond donors (Lipinski definition) is 0. The Hall–Kier alpha value is -3.14. The Balaban J connectivity index is 2.17. The number of carbonyl (C=O) groups is 1. The Bertz CT molecular complexity index is 1010. The monoisotopic (exact) mass is 309 g/mol. The van der Waals surface area contributed by atoms with Crippen molar-refractivity contribution in [3.63, 3.8) is 0 Å². The van der Waals surface area contributed by atoms with Crippen molar-refractivity contribution in [1.82, 2.24) is 18.9 Å². The maximum Gasteiger partial charge on any atom is 0.270 e. The molecule has 0 saturated heterocycles. The molecule has 0 saturated carbocycles. The van der Waals surface area contributed by atoms with Crippen LogP contribution in [0.4, 0.5) is 0 Å². The van der Waals surface area contributed by atoms with Crippen LogP contribution in [0.15, 0.2) is 35.3 Å². The van der Waals surface area contributed by atoms with Gasteiger partial charge in [0.25, 0.3) is 11.5 Å². The van der Waals surface area contributed by atoms with Crippen molar-refractivity contribution in [2.75, 3.05) is 13.6 Å². The lowest BCUT2D eigenvalue weighted by molar-refractivity contribution is 0.0789. The second-order valence-electron chi connectivity index (χ2n) is 5.31. The normalized spacial score (nSPS) is 10.8. The lowest BCUT2D eigenvalue weighted by Gasteiger charge is -2.15. The fraction of sp³-hybridized carbons (Fsp3) is 0.250. The summed E-state index contributed by atoms with van der Waals surface area (Å²) in [5, 5.41) is 9.03. The number of nitrogens with zero attached hydrogens (tertiary/aromatic N) is 5. The van der Waals surface area contributed by atoms with Crippen LogP contribution >= 0.6 is 0 Å². The number of nitriles is 1. The van der Waals surface area contributed by atoms with Crippen LogP contribution in [0.3, 0.4) is 0 Å². The molecule has 23 heavy (non-hydrogen) atoms. The Morgan fingerprint density at radius 1 is 1.43 bits per heavy atom. The second kappa shape index (κ2) is 5.57. The SMILES string of the molecule is CN(CCC#N)C(=O)c1cc2c(=O)n3ccccc3nc2n1C. The lowest BCUT2D eigenvalue weighted by atomic mass is 10.3. The number of pyridine rings is 1. The van der Waals surface area contributed by atoms with Crippen molar-refractivity contribution in [3.8, 4) is 6.07 Å². The van der Waals surface area contributed by atoms with Crippen molar-refractivity contribution >= 4 is 22.6 Å². The van der Waals surface area contributed by atoms with Gasteiger partial charge in [-0.25, -0.2) is 4.98 Å². The molecule has 3 aromatic rings. The van der Waals surface area contributed by atoms with Gasteiger partial charge in [0, 0.05) is 26.8 Å². The summed E-state index contributed by atoms with van der Waals surface area (Å²) in [5.41, 5.74) is 1.17. The number of fused-ring (bicyclic) bond motifs is 2. The van der Waals surface area contributed by atoms with E-state index in [2.05, 4.69) is 4.98 Å². The van der Waals surface area contributed by atoms with E-state index in [0.717, 1.165) is 0 Å². The Labute approximate surface area is 132 Å². The van der Waals surface area contributed by atoms with Gasteiger partial charge in [-0.15, -0.1) is 0 Å². The quantitative estimate of drug-likeness (QED) is 0.727. The smallest absolute Gasteiger partial charge is 0.270 e. The summed E-state index contributed by atoms with van der Waals surface area (Å²) in [6.45, 7) is 0.339. The van der Waals surface area contributed by atoms with Crippen molar-refractivity contribution in [2.24, 2.45) is 7.05 Å². The van der Waals surface area contributed by atoms with E-state index in [0.29, 0.717) is 28.9 Å². The van der Waals surface area contributed by atoms with Gasteiger partial charge in [0.05, 0.1) is 17.9 Å². The fourth-order valence-corrected chi connectivity index (χ4v) is 2.54. The zero-order valence-electron chi connectivity index (χ0n) is 12.9. The van der Waals surface area contributed by atoms with Crippen LogP contribution in [0, 0.1) is 11.3 Å². The van der Waals surface area contributed by atoms with E-state index in [1.54, 1.807) is 49.1 Å². The molecule has 0 bridgehead atoms. The summed E-state index contributed by atoms with van der Waals surface area (Å²) in [6.07, 6.45) is 1.91. The average Bonchev–Trinajstić information content (AvgIpc) is 2.89. The molecule has 3 heterocycles. The molecule has 0 aliphatic heterocycles. The van der Waals surface area contributed by atoms with Crippen LogP contribution in [-0.4, -0.2) is 38.4 Å². The van der Waals surface area contributed by atoms with Gasteiger partial charge in [-0.3, -0.25) is 14.0 Å². The van der Waals surface area contributed by atoms with E-state index in [1.165, 1.54) is 9.30 Å². The van der Waals surface area contributed by atoms with Crippen molar-refractivity contribution < 1.29 is 4.79 Å². The van der Waals surface area contributed by atoms with Gasteiger partial charge in [-0.2, -0.15) is 5.26 Å². The van der Waals surface area contributed by atoms with Crippen LogP contribution < -0.4 is 5.56 Å². The summed E-state index contributed by atoms with van der Waals surface area (Å²) < 4.78 is 3.07. The lowest BCUT2D eigenvalue weighted by Crippen LogP contribution is -2.29. The molecule has 0 aliphatic carbocycles. The first-order chi connectivity index (χ1) is 11.0. The van der Waals surface area contributed by atoms with E-state index in [1.807, 2.05) is 6.07 Å². The average molecular weight is 309 g/mol. The highest BCUT2D eigenvalue weighted by molar-refractivity contribution is 5.97. The Morgan fingerprint density at radius 2 is 2.22 bits per heavy atom. The summed E-state index contributed by atoms with van der Waals surface area (Å²) in [6, 6.07) is 8.88. The minimum absolute atomic E-state index is 0.208. The molecule has 0 fully saturated rings. The fourth-order valence-electron chi connectivity index (χ4n) is 2.54. The van der Waals surface area contributed by atoms with Crippen molar-refractivity contribution in [2.45, 2.75) is 6.42 Å². The summed E-state index contributed by atoms with van der Waals surface area (Å²) >= 11 is 0. The Kier molecular flexibility index (Phi) is 3.58. The topological polar surface area (TPSA) is 83.4 Å². The maximum absolute atomic E-state index is 12.6. The Morgan fingerprint density at radius 3 is 2.96 bits per heavy atom. The molecule has 0 atom stereocenters. The number of amides is 1. The van der Waals surface area contributed by atoms with E-state index in [9.17, 15) is 9.59 Å². The molecule has 7 nitrogen and oxygen atoms in total. The number of hydrogen-bond acceptors (Lipinski definition) is 4. The molecular weight excluding hydrogens is 294 g/mol. The summed E-state index contributed by atoms with van der Waals surface area (Å²) in [7, 11) is 3.34. The minimum Gasteiger partial charge on any atom is -0.339 e. The highest BCUT2D eigenvalue weighted by Crippen LogP contribution is 2.16. The van der Waals surface area contributed by atoms with E-state index < -0.39 is 0 Å². The molecule has 0 spiro atoms. The van der Waals surface area contributed by atoms with Gasteiger partial charge < -0.3 is 9.47 Å². The number of aryl methyl sites for hydroxylation is 1. The van der Waals surface area contributed by atoms with E-state index in [4.69, 9.17) is 5.26 Å². The molecular formula is C16H15N5O2. The molecule has 7 heteroatoms. The molecule has 1 amide bonds. The summed E-state index contributed by atoms with van der Waals surface area (Å²) in [5.74, 6) is -0.241. The van der Waals surface area contributed by atoms with Gasteiger partial charge in [-0.05, 0) is 18.2 Å². The largest absolute Gasteiger partial charge is 0.339 e. The zero-order valence-corrected chi connectivity index (χ0v) is 12.9. The minimum atomic E-state index is -0.241. The first-order valence-electron chi connectivity index (χ1n) is 7.14. The number of rotatable bonds is 3. The third-order valence-electron chi connectivity index (χ3n) is 3.83. The molecule has 116 valence electrons. The first kappa shape index (κ1) is 14.8. The molecule has 3 aromatic heterocycles.